The summed E-state index contributed by atoms with van der Waals surface area (Å²) in [5, 5.41) is 23.0. The number of hydrogen-bond donors (Lipinski definition) is 3. The number of aliphatic hydroxyl groups excluding tert-OH is 1. The first-order valence-corrected chi connectivity index (χ1v) is 7.58. The smallest absolute Gasteiger partial charge is 0.246 e. The lowest BCUT2D eigenvalue weighted by Gasteiger charge is -2.41. The average Bonchev–Trinajstić information content (AvgIpc) is 2.54. The van der Waals surface area contributed by atoms with Gasteiger partial charge in [-0.3, -0.25) is 9.59 Å². The summed E-state index contributed by atoms with van der Waals surface area (Å²) in [5.74, 6) is -0.482. The summed E-state index contributed by atoms with van der Waals surface area (Å²) in [4.78, 5) is 24.6. The van der Waals surface area contributed by atoms with Crippen molar-refractivity contribution in [3.05, 3.63) is 42.0 Å². The zero-order valence-corrected chi connectivity index (χ0v) is 13.1. The Morgan fingerprint density at radius 2 is 2.09 bits per heavy atom. The standard InChI is InChI=1S/C17H22N2O4/c1-13(20)18-12-17(23)9-10-19(11-15(17)21)16(22)8-7-14-5-3-2-4-6-14/h2-8,15,21,23H,9-12H2,1H3,(H,18,20)/b8-7+/t15-,17-/m1/s1. The maximum atomic E-state index is 12.2. The molecule has 1 aliphatic heterocycles. The fourth-order valence-corrected chi connectivity index (χ4v) is 2.49. The summed E-state index contributed by atoms with van der Waals surface area (Å²) in [6.07, 6.45) is 2.28. The highest BCUT2D eigenvalue weighted by atomic mass is 16.3. The number of benzene rings is 1. The summed E-state index contributed by atoms with van der Waals surface area (Å²) in [6, 6.07) is 9.45. The van der Waals surface area contributed by atoms with Gasteiger partial charge in [0.15, 0.2) is 0 Å². The minimum absolute atomic E-state index is 0.0224. The van der Waals surface area contributed by atoms with E-state index in [0.717, 1.165) is 5.56 Å². The number of nitrogens with one attached hydrogen (secondary N) is 1. The zero-order valence-electron chi connectivity index (χ0n) is 13.1. The van der Waals surface area contributed by atoms with Crippen LogP contribution in [0.1, 0.15) is 18.9 Å². The first-order chi connectivity index (χ1) is 10.9. The number of β-amino-alcohol motifs (C(OH)–C–C–N with tert-alkyl or cyclic N) is 1. The summed E-state index contributed by atoms with van der Waals surface area (Å²) in [5.41, 5.74) is -0.480. The molecule has 0 radical (unpaired) electrons. The minimum atomic E-state index is -1.40. The van der Waals surface area contributed by atoms with Gasteiger partial charge in [-0.15, -0.1) is 0 Å². The van der Waals surface area contributed by atoms with Gasteiger partial charge in [0.2, 0.25) is 11.8 Å². The van der Waals surface area contributed by atoms with Crippen LogP contribution >= 0.6 is 0 Å². The first-order valence-electron chi connectivity index (χ1n) is 7.58. The van der Waals surface area contributed by atoms with E-state index in [1.165, 1.54) is 17.9 Å². The summed E-state index contributed by atoms with van der Waals surface area (Å²) >= 11 is 0. The number of nitrogens with zero attached hydrogens (tertiary/aromatic N) is 1. The fourth-order valence-electron chi connectivity index (χ4n) is 2.49. The van der Waals surface area contributed by atoms with Crippen molar-refractivity contribution in [3.8, 4) is 0 Å². The minimum Gasteiger partial charge on any atom is -0.388 e. The lowest BCUT2D eigenvalue weighted by atomic mass is 9.88. The molecule has 1 aromatic rings. The molecule has 0 aliphatic carbocycles. The van der Waals surface area contributed by atoms with Gasteiger partial charge in [-0.2, -0.15) is 0 Å². The van der Waals surface area contributed by atoms with E-state index in [-0.39, 0.29) is 31.3 Å². The monoisotopic (exact) mass is 318 g/mol. The fraction of sp³-hybridized carbons (Fsp3) is 0.412. The van der Waals surface area contributed by atoms with Crippen LogP contribution in [0.5, 0.6) is 0 Å². The molecule has 0 spiro atoms. The van der Waals surface area contributed by atoms with E-state index in [2.05, 4.69) is 5.32 Å². The molecule has 6 heteroatoms. The van der Waals surface area contributed by atoms with Gasteiger partial charge in [-0.25, -0.2) is 0 Å². The summed E-state index contributed by atoms with van der Waals surface area (Å²) in [6.45, 7) is 1.69. The first kappa shape index (κ1) is 17.2. The maximum absolute atomic E-state index is 12.2. The lowest BCUT2D eigenvalue weighted by Crippen LogP contribution is -2.60. The number of hydrogen-bond acceptors (Lipinski definition) is 4. The van der Waals surface area contributed by atoms with E-state index >= 15 is 0 Å². The van der Waals surface area contributed by atoms with Crippen molar-refractivity contribution in [1.29, 1.82) is 0 Å². The third kappa shape index (κ3) is 4.64. The van der Waals surface area contributed by atoms with E-state index < -0.39 is 11.7 Å². The predicted molar refractivity (Wildman–Crippen MR) is 86.3 cm³/mol. The molecule has 2 amide bonds. The third-order valence-corrected chi connectivity index (χ3v) is 4.00. The van der Waals surface area contributed by atoms with Crippen molar-refractivity contribution in [3.63, 3.8) is 0 Å². The van der Waals surface area contributed by atoms with Crippen LogP contribution in [0, 0.1) is 0 Å². The van der Waals surface area contributed by atoms with Gasteiger partial charge in [-0.1, -0.05) is 30.3 Å². The molecule has 6 nitrogen and oxygen atoms in total. The molecule has 2 atom stereocenters. The molecule has 1 heterocycles. The lowest BCUT2D eigenvalue weighted by molar-refractivity contribution is -0.146. The molecular formula is C17H22N2O4. The molecule has 1 saturated heterocycles. The second-order valence-corrected chi connectivity index (χ2v) is 5.81. The van der Waals surface area contributed by atoms with Gasteiger partial charge < -0.3 is 20.4 Å². The highest BCUT2D eigenvalue weighted by Gasteiger charge is 2.41. The normalized spacial score (nSPS) is 24.7. The number of carbonyl (C=O) groups is 2. The van der Waals surface area contributed by atoms with Crippen LogP contribution in [0.2, 0.25) is 0 Å². The maximum Gasteiger partial charge on any atom is 0.246 e. The number of amides is 2. The molecule has 0 bridgehead atoms. The van der Waals surface area contributed by atoms with E-state index in [1.54, 1.807) is 6.08 Å². The second-order valence-electron chi connectivity index (χ2n) is 5.81. The predicted octanol–water partition coefficient (Wildman–Crippen LogP) is 0.160. The Bertz CT molecular complexity index is 588. The highest BCUT2D eigenvalue weighted by molar-refractivity contribution is 5.91. The van der Waals surface area contributed by atoms with Gasteiger partial charge in [0.25, 0.3) is 0 Å². The van der Waals surface area contributed by atoms with Crippen molar-refractivity contribution in [1.82, 2.24) is 10.2 Å². The van der Waals surface area contributed by atoms with E-state index in [0.29, 0.717) is 6.54 Å². The molecule has 2 rings (SSSR count). The average molecular weight is 318 g/mol. The Morgan fingerprint density at radius 3 is 2.70 bits per heavy atom. The molecule has 1 aromatic carbocycles. The number of carbonyl (C=O) groups excluding carboxylic acids is 2. The molecule has 1 fully saturated rings. The van der Waals surface area contributed by atoms with Crippen molar-refractivity contribution < 1.29 is 19.8 Å². The highest BCUT2D eigenvalue weighted by Crippen LogP contribution is 2.22. The Balaban J connectivity index is 1.93. The van der Waals surface area contributed by atoms with Crippen LogP contribution in [0.15, 0.2) is 36.4 Å². The van der Waals surface area contributed by atoms with Gasteiger partial charge in [0.1, 0.15) is 11.7 Å². The quantitative estimate of drug-likeness (QED) is 0.690. The molecule has 23 heavy (non-hydrogen) atoms. The van der Waals surface area contributed by atoms with Crippen LogP contribution in [0.25, 0.3) is 6.08 Å². The Kier molecular flexibility index (Phi) is 5.52. The molecule has 124 valence electrons. The largest absolute Gasteiger partial charge is 0.388 e. The zero-order chi connectivity index (χ0) is 16.9. The molecule has 0 saturated carbocycles. The Labute approximate surface area is 135 Å². The van der Waals surface area contributed by atoms with E-state index in [1.807, 2.05) is 30.3 Å². The SMILES string of the molecule is CC(=O)NC[C@]1(O)CCN(C(=O)/C=C/c2ccccc2)C[C@H]1O. The topological polar surface area (TPSA) is 89.9 Å². The van der Waals surface area contributed by atoms with E-state index in [4.69, 9.17) is 0 Å². The van der Waals surface area contributed by atoms with Crippen LogP contribution in [0.4, 0.5) is 0 Å². The summed E-state index contributed by atoms with van der Waals surface area (Å²) < 4.78 is 0. The van der Waals surface area contributed by atoms with Gasteiger partial charge in [-0.05, 0) is 18.1 Å². The van der Waals surface area contributed by atoms with Crippen LogP contribution in [-0.2, 0) is 9.59 Å². The van der Waals surface area contributed by atoms with Gasteiger partial charge in [0, 0.05) is 32.6 Å². The Hall–Kier alpha value is -2.18. The number of piperidine rings is 1. The van der Waals surface area contributed by atoms with Crippen molar-refractivity contribution >= 4 is 17.9 Å². The molecule has 0 aromatic heterocycles. The van der Waals surface area contributed by atoms with Crippen molar-refractivity contribution in [2.24, 2.45) is 0 Å². The van der Waals surface area contributed by atoms with Crippen molar-refractivity contribution in [2.75, 3.05) is 19.6 Å². The number of likely N-dealkylation sites (tertiary alicyclic amines) is 1. The molecule has 3 N–H and O–H groups in total. The van der Waals surface area contributed by atoms with Crippen LogP contribution < -0.4 is 5.32 Å². The van der Waals surface area contributed by atoms with Crippen LogP contribution in [-0.4, -0.2) is 58.3 Å². The number of aliphatic hydroxyl groups is 2. The molecule has 0 unspecified atom stereocenters. The van der Waals surface area contributed by atoms with Crippen LogP contribution in [0.3, 0.4) is 0 Å². The third-order valence-electron chi connectivity index (χ3n) is 4.00. The molecule has 1 aliphatic rings. The summed E-state index contributed by atoms with van der Waals surface area (Å²) in [7, 11) is 0. The Morgan fingerprint density at radius 1 is 1.39 bits per heavy atom. The molecular weight excluding hydrogens is 296 g/mol. The second kappa shape index (κ2) is 7.39. The van der Waals surface area contributed by atoms with Gasteiger partial charge >= 0.3 is 0 Å². The van der Waals surface area contributed by atoms with Crippen molar-refractivity contribution in [2.45, 2.75) is 25.0 Å². The van der Waals surface area contributed by atoms with Gasteiger partial charge in [0.05, 0.1) is 0 Å². The number of rotatable bonds is 4. The van der Waals surface area contributed by atoms with E-state index in [9.17, 15) is 19.8 Å².